The van der Waals surface area contributed by atoms with E-state index in [4.69, 9.17) is 0 Å². The second-order valence-corrected chi connectivity index (χ2v) is 7.65. The van der Waals surface area contributed by atoms with E-state index in [1.807, 2.05) is 24.4 Å². The van der Waals surface area contributed by atoms with E-state index < -0.39 is 0 Å². The first-order chi connectivity index (χ1) is 13.8. The smallest absolute Gasteiger partial charge is 0.220 e. The summed E-state index contributed by atoms with van der Waals surface area (Å²) in [5.74, 6) is 0.183. The lowest BCUT2D eigenvalue weighted by Crippen LogP contribution is -2.44. The Morgan fingerprint density at radius 3 is 2.79 bits per heavy atom. The second kappa shape index (κ2) is 9.02. The summed E-state index contributed by atoms with van der Waals surface area (Å²) >= 11 is 0. The van der Waals surface area contributed by atoms with E-state index in [9.17, 15) is 4.79 Å². The van der Waals surface area contributed by atoms with E-state index >= 15 is 0 Å². The summed E-state index contributed by atoms with van der Waals surface area (Å²) in [7, 11) is 0. The fourth-order valence-electron chi connectivity index (χ4n) is 4.03. The largest absolute Gasteiger partial charge is 0.361 e. The molecule has 0 aliphatic carbocycles. The lowest BCUT2D eigenvalue weighted by atomic mass is 10.0. The average molecular weight is 377 g/mol. The highest BCUT2D eigenvalue weighted by molar-refractivity contribution is 5.83. The van der Waals surface area contributed by atoms with Gasteiger partial charge in [-0.15, -0.1) is 0 Å². The maximum Gasteiger partial charge on any atom is 0.220 e. The maximum atomic E-state index is 12.3. The van der Waals surface area contributed by atoms with Gasteiger partial charge < -0.3 is 10.3 Å². The van der Waals surface area contributed by atoms with Crippen LogP contribution in [0.4, 0.5) is 0 Å². The Hall–Kier alpha value is -2.66. The zero-order chi connectivity index (χ0) is 19.2. The molecule has 1 fully saturated rings. The minimum absolute atomic E-state index is 0.183. The van der Waals surface area contributed by atoms with Crippen molar-refractivity contribution >= 4 is 16.8 Å². The van der Waals surface area contributed by atoms with E-state index in [0.717, 1.165) is 51.0 Å². The van der Waals surface area contributed by atoms with Gasteiger partial charge in [0.25, 0.3) is 0 Å². The summed E-state index contributed by atoms with van der Waals surface area (Å²) in [5, 5.41) is 4.50. The predicted molar refractivity (Wildman–Crippen MR) is 112 cm³/mol. The molecule has 4 rings (SSSR count). The number of carbonyl (C=O) groups excluding carboxylic acids is 1. The number of hydrogen-bond donors (Lipinski definition) is 2. The molecule has 3 heterocycles. The van der Waals surface area contributed by atoms with Crippen LogP contribution in [0.2, 0.25) is 0 Å². The van der Waals surface area contributed by atoms with Crippen molar-refractivity contribution in [2.75, 3.05) is 13.1 Å². The Morgan fingerprint density at radius 1 is 1.14 bits per heavy atom. The van der Waals surface area contributed by atoms with Gasteiger partial charge in [-0.05, 0) is 49.4 Å². The van der Waals surface area contributed by atoms with Crippen LogP contribution in [0.1, 0.15) is 36.9 Å². The quantitative estimate of drug-likeness (QED) is 0.661. The van der Waals surface area contributed by atoms with Crippen molar-refractivity contribution in [3.05, 3.63) is 66.1 Å². The molecular weight excluding hydrogens is 348 g/mol. The third-order valence-electron chi connectivity index (χ3n) is 5.59. The van der Waals surface area contributed by atoms with Gasteiger partial charge in [-0.3, -0.25) is 14.7 Å². The Kier molecular flexibility index (Phi) is 6.02. The van der Waals surface area contributed by atoms with Gasteiger partial charge >= 0.3 is 0 Å². The minimum atomic E-state index is 0.183. The molecule has 5 heteroatoms. The molecule has 5 nitrogen and oxygen atoms in total. The number of carbonyl (C=O) groups is 1. The number of fused-ring (bicyclic) bond motifs is 1. The highest BCUT2D eigenvalue weighted by Crippen LogP contribution is 2.19. The first kappa shape index (κ1) is 18.7. The number of aromatic nitrogens is 2. The molecule has 28 heavy (non-hydrogen) atoms. The van der Waals surface area contributed by atoms with Gasteiger partial charge in [0.05, 0.1) is 5.69 Å². The van der Waals surface area contributed by atoms with Crippen LogP contribution >= 0.6 is 0 Å². The van der Waals surface area contributed by atoms with Crippen LogP contribution in [0.3, 0.4) is 0 Å². The van der Waals surface area contributed by atoms with Crippen molar-refractivity contribution < 1.29 is 4.79 Å². The normalized spacial score (nSPS) is 15.7. The molecule has 0 radical (unpaired) electrons. The number of aromatic amines is 1. The van der Waals surface area contributed by atoms with E-state index in [2.05, 4.69) is 50.6 Å². The van der Waals surface area contributed by atoms with Crippen LogP contribution in [0.15, 0.2) is 54.9 Å². The molecule has 1 aliphatic heterocycles. The fourth-order valence-corrected chi connectivity index (χ4v) is 4.03. The van der Waals surface area contributed by atoms with Gasteiger partial charge in [-0.2, -0.15) is 0 Å². The van der Waals surface area contributed by atoms with Gasteiger partial charge in [0.2, 0.25) is 5.91 Å². The summed E-state index contributed by atoms with van der Waals surface area (Å²) in [6.07, 6.45) is 8.35. The Bertz CT molecular complexity index is 897. The molecule has 1 aromatic carbocycles. The number of likely N-dealkylation sites (tertiary alicyclic amines) is 1. The summed E-state index contributed by atoms with van der Waals surface area (Å²) in [6.45, 7) is 2.92. The van der Waals surface area contributed by atoms with Crippen LogP contribution in [-0.2, 0) is 17.8 Å². The van der Waals surface area contributed by atoms with Crippen LogP contribution in [0.25, 0.3) is 10.9 Å². The molecule has 0 bridgehead atoms. The number of nitrogens with one attached hydrogen (secondary N) is 2. The van der Waals surface area contributed by atoms with Crippen molar-refractivity contribution in [2.24, 2.45) is 0 Å². The molecule has 1 aliphatic rings. The standard InChI is InChI=1S/C23H28N4O/c28-23(10-5-6-18-16-25-22-9-2-1-8-21(18)22)26-19-11-14-27(15-12-19)17-20-7-3-4-13-24-20/h1-4,7-9,13,16,19,25H,5-6,10-12,14-15,17H2,(H,26,28). The van der Waals surface area contributed by atoms with Gasteiger partial charge in [-0.25, -0.2) is 0 Å². The zero-order valence-corrected chi connectivity index (χ0v) is 16.2. The van der Waals surface area contributed by atoms with Crippen molar-refractivity contribution in [3.8, 4) is 0 Å². The van der Waals surface area contributed by atoms with Crippen LogP contribution in [0, 0.1) is 0 Å². The Labute approximate surface area is 166 Å². The lowest BCUT2D eigenvalue weighted by Gasteiger charge is -2.32. The first-order valence-electron chi connectivity index (χ1n) is 10.2. The number of para-hydroxylation sites is 1. The molecule has 146 valence electrons. The number of hydrogen-bond acceptors (Lipinski definition) is 3. The molecule has 0 unspecified atom stereocenters. The average Bonchev–Trinajstić information content (AvgIpc) is 3.14. The molecule has 0 atom stereocenters. The number of H-pyrrole nitrogens is 1. The summed E-state index contributed by atoms with van der Waals surface area (Å²) in [5.41, 5.74) is 3.58. The summed E-state index contributed by atoms with van der Waals surface area (Å²) in [4.78, 5) is 22.5. The highest BCUT2D eigenvalue weighted by atomic mass is 16.1. The van der Waals surface area contributed by atoms with E-state index in [-0.39, 0.29) is 5.91 Å². The minimum Gasteiger partial charge on any atom is -0.361 e. The molecule has 0 saturated carbocycles. The maximum absolute atomic E-state index is 12.3. The van der Waals surface area contributed by atoms with Gasteiger partial charge in [0.15, 0.2) is 0 Å². The topological polar surface area (TPSA) is 61.0 Å². The number of pyridine rings is 1. The molecule has 2 aromatic heterocycles. The zero-order valence-electron chi connectivity index (χ0n) is 16.2. The van der Waals surface area contributed by atoms with E-state index in [0.29, 0.717) is 12.5 Å². The molecule has 3 aromatic rings. The lowest BCUT2D eigenvalue weighted by molar-refractivity contribution is -0.122. The summed E-state index contributed by atoms with van der Waals surface area (Å²) < 4.78 is 0. The summed E-state index contributed by atoms with van der Waals surface area (Å²) in [6, 6.07) is 14.7. The highest BCUT2D eigenvalue weighted by Gasteiger charge is 2.20. The fraction of sp³-hybridized carbons (Fsp3) is 0.391. The number of piperidine rings is 1. The first-order valence-corrected chi connectivity index (χ1v) is 10.2. The van der Waals surface area contributed by atoms with Crippen LogP contribution in [-0.4, -0.2) is 39.9 Å². The molecule has 0 spiro atoms. The van der Waals surface area contributed by atoms with Crippen molar-refractivity contribution in [1.29, 1.82) is 0 Å². The number of aryl methyl sites for hydroxylation is 1. The SMILES string of the molecule is O=C(CCCc1c[nH]c2ccccc12)NC1CCN(Cc2ccccn2)CC1. The molecule has 1 saturated heterocycles. The van der Waals surface area contributed by atoms with Crippen LogP contribution in [0.5, 0.6) is 0 Å². The Balaban J connectivity index is 1.17. The third-order valence-corrected chi connectivity index (χ3v) is 5.59. The number of benzene rings is 1. The van der Waals surface area contributed by atoms with E-state index in [1.165, 1.54) is 16.5 Å². The molecule has 1 amide bonds. The van der Waals surface area contributed by atoms with Gasteiger partial charge in [0, 0.05) is 55.4 Å². The number of rotatable bonds is 7. The second-order valence-electron chi connectivity index (χ2n) is 7.65. The molecular formula is C23H28N4O. The number of amides is 1. The number of nitrogens with zero attached hydrogens (tertiary/aromatic N) is 2. The third kappa shape index (κ3) is 4.78. The van der Waals surface area contributed by atoms with Crippen molar-refractivity contribution in [3.63, 3.8) is 0 Å². The van der Waals surface area contributed by atoms with Crippen LogP contribution < -0.4 is 5.32 Å². The van der Waals surface area contributed by atoms with E-state index in [1.54, 1.807) is 0 Å². The van der Waals surface area contributed by atoms with Gasteiger partial charge in [-0.1, -0.05) is 24.3 Å². The van der Waals surface area contributed by atoms with Gasteiger partial charge in [0.1, 0.15) is 0 Å². The monoisotopic (exact) mass is 376 g/mol. The van der Waals surface area contributed by atoms with Crippen molar-refractivity contribution in [1.82, 2.24) is 20.2 Å². The van der Waals surface area contributed by atoms with Crippen molar-refractivity contribution in [2.45, 2.75) is 44.7 Å². The predicted octanol–water partition coefficient (Wildman–Crippen LogP) is 3.67. The Morgan fingerprint density at radius 2 is 1.96 bits per heavy atom. The molecule has 2 N–H and O–H groups in total.